The van der Waals surface area contributed by atoms with Gasteiger partial charge >= 0.3 is 18.2 Å². The molecule has 39 heavy (non-hydrogen) atoms. The Morgan fingerprint density at radius 1 is 1.13 bits per heavy atom. The first kappa shape index (κ1) is 29.3. The summed E-state index contributed by atoms with van der Waals surface area (Å²) in [5.74, 6) is -6.40. The molecule has 0 saturated heterocycles. The van der Waals surface area contributed by atoms with Gasteiger partial charge in [0, 0.05) is 12.1 Å². The Morgan fingerprint density at radius 3 is 2.38 bits per heavy atom. The predicted octanol–water partition coefficient (Wildman–Crippen LogP) is 4.82. The summed E-state index contributed by atoms with van der Waals surface area (Å²) < 4.78 is 83.2. The number of benzene rings is 2. The number of halogens is 6. The van der Waals surface area contributed by atoms with Gasteiger partial charge in [0.2, 0.25) is 12.0 Å². The van der Waals surface area contributed by atoms with Crippen LogP contribution in [0.2, 0.25) is 0 Å². The van der Waals surface area contributed by atoms with Gasteiger partial charge in [-0.15, -0.1) is 0 Å². The van der Waals surface area contributed by atoms with E-state index in [0.29, 0.717) is 6.07 Å². The van der Waals surface area contributed by atoms with Crippen molar-refractivity contribution in [3.63, 3.8) is 0 Å². The molecule has 2 aromatic carbocycles. The normalized spacial score (nSPS) is 12.1. The minimum absolute atomic E-state index is 0.00985. The number of carbonyl (C=O) groups is 3. The molecule has 0 aliphatic carbocycles. The van der Waals surface area contributed by atoms with Crippen LogP contribution in [0.1, 0.15) is 34.3 Å². The summed E-state index contributed by atoms with van der Waals surface area (Å²) in [7, 11) is 0. The molecule has 16 heteroatoms. The molecule has 10 nitrogen and oxygen atoms in total. The number of ether oxygens (including phenoxy) is 2. The molecule has 0 radical (unpaired) electrons. The number of rotatable bonds is 10. The number of aliphatic carboxylic acids is 1. The van der Waals surface area contributed by atoms with Gasteiger partial charge in [0.1, 0.15) is 23.7 Å². The van der Waals surface area contributed by atoms with Gasteiger partial charge in [0.25, 0.3) is 5.91 Å². The number of carboxylic acid groups (broad SMARTS) is 1. The van der Waals surface area contributed by atoms with Crippen LogP contribution in [-0.2, 0) is 15.7 Å². The largest absolute Gasteiger partial charge is 0.481 e. The van der Waals surface area contributed by atoms with Crippen LogP contribution in [-0.4, -0.2) is 41.2 Å². The summed E-state index contributed by atoms with van der Waals surface area (Å²) in [4.78, 5) is 38.2. The number of carboxylic acids is 1. The Morgan fingerprint density at radius 2 is 1.79 bits per heavy atom. The van der Waals surface area contributed by atoms with Gasteiger partial charge in [0.15, 0.2) is 16.2 Å². The van der Waals surface area contributed by atoms with Crippen molar-refractivity contribution in [1.82, 2.24) is 10.3 Å². The van der Waals surface area contributed by atoms with Crippen molar-refractivity contribution in [2.75, 3.05) is 13.2 Å². The van der Waals surface area contributed by atoms with Crippen LogP contribution >= 0.6 is 15.9 Å². The van der Waals surface area contributed by atoms with Crippen LogP contribution in [0.25, 0.3) is 11.3 Å². The number of alkyl halides is 3. The van der Waals surface area contributed by atoms with E-state index in [1.54, 1.807) is 0 Å². The van der Waals surface area contributed by atoms with Crippen LogP contribution in [0, 0.1) is 11.6 Å². The summed E-state index contributed by atoms with van der Waals surface area (Å²) in [6, 6.07) is 5.40. The maximum atomic E-state index is 14.8. The molecule has 1 aromatic heterocycles. The Kier molecular flexibility index (Phi) is 9.11. The van der Waals surface area contributed by atoms with E-state index in [1.165, 1.54) is 0 Å². The van der Waals surface area contributed by atoms with Crippen molar-refractivity contribution >= 4 is 33.9 Å². The van der Waals surface area contributed by atoms with Crippen LogP contribution in [0.5, 0.6) is 5.75 Å². The topological polar surface area (TPSA) is 154 Å². The first-order chi connectivity index (χ1) is 18.3. The maximum absolute atomic E-state index is 14.8. The van der Waals surface area contributed by atoms with E-state index in [9.17, 15) is 36.3 Å². The summed E-state index contributed by atoms with van der Waals surface area (Å²) in [6.45, 7) is -1.00. The van der Waals surface area contributed by atoms with Crippen LogP contribution < -0.4 is 15.8 Å². The molecule has 0 bridgehead atoms. The number of hydrogen-bond acceptors (Lipinski definition) is 7. The number of nitrogens with one attached hydrogen (secondary N) is 1. The average Bonchev–Trinajstić information content (AvgIpc) is 3.23. The zero-order valence-electron chi connectivity index (χ0n) is 19.4. The number of primary amides is 1. The van der Waals surface area contributed by atoms with Gasteiger partial charge in [-0.1, -0.05) is 12.1 Å². The standard InChI is InChI=1S/C23H17BrF5N3O7/c24-19-18(10-1-3-11(4-2-10)23(27,28)29)32-21(39-19)14(9-37-22(36)31-8-7-15(33)34)38-13-6-5-12(25)16(17(13)26)20(30)35/h1-6,14H,7-9H2,(H2,30,35)(H,31,36)(H,33,34). The summed E-state index contributed by atoms with van der Waals surface area (Å²) in [5, 5.41) is 10.8. The Labute approximate surface area is 224 Å². The first-order valence-electron chi connectivity index (χ1n) is 10.7. The van der Waals surface area contributed by atoms with Crippen molar-refractivity contribution in [1.29, 1.82) is 0 Å². The Balaban J connectivity index is 1.92. The molecular weight excluding hydrogens is 605 g/mol. The van der Waals surface area contributed by atoms with Gasteiger partial charge < -0.3 is 30.0 Å². The van der Waals surface area contributed by atoms with E-state index in [-0.39, 0.29) is 28.4 Å². The predicted molar refractivity (Wildman–Crippen MR) is 124 cm³/mol. The fourth-order valence-corrected chi connectivity index (χ4v) is 3.57. The number of nitrogens with zero attached hydrogens (tertiary/aromatic N) is 1. The minimum atomic E-state index is -4.57. The highest BCUT2D eigenvalue weighted by atomic mass is 79.9. The number of aromatic nitrogens is 1. The van der Waals surface area contributed by atoms with Crippen LogP contribution in [0.4, 0.5) is 26.7 Å². The zero-order valence-corrected chi connectivity index (χ0v) is 20.9. The van der Waals surface area contributed by atoms with Crippen molar-refractivity contribution < 1.29 is 55.3 Å². The molecule has 3 aromatic rings. The van der Waals surface area contributed by atoms with E-state index < -0.39 is 71.8 Å². The number of amides is 2. The quantitative estimate of drug-likeness (QED) is 0.272. The van der Waals surface area contributed by atoms with E-state index in [0.717, 1.165) is 30.3 Å². The molecule has 1 heterocycles. The molecule has 208 valence electrons. The van der Waals surface area contributed by atoms with Gasteiger partial charge in [0.05, 0.1) is 12.0 Å². The third-order valence-corrected chi connectivity index (χ3v) is 5.45. The number of nitrogens with two attached hydrogens (primary N) is 1. The lowest BCUT2D eigenvalue weighted by molar-refractivity contribution is -0.138. The molecule has 3 rings (SSSR count). The van der Waals surface area contributed by atoms with Crippen molar-refractivity contribution in [3.8, 4) is 17.0 Å². The van der Waals surface area contributed by atoms with Crippen LogP contribution in [0.3, 0.4) is 0 Å². The number of alkyl carbamates (subject to hydrolysis) is 1. The van der Waals surface area contributed by atoms with Crippen molar-refractivity contribution in [2.45, 2.75) is 18.7 Å². The molecule has 0 fully saturated rings. The lowest BCUT2D eigenvalue weighted by Gasteiger charge is -2.17. The summed E-state index contributed by atoms with van der Waals surface area (Å²) >= 11 is 3.08. The first-order valence-corrected chi connectivity index (χ1v) is 11.5. The number of oxazole rings is 1. The molecule has 2 amide bonds. The second-order valence-electron chi connectivity index (χ2n) is 7.62. The van der Waals surface area contributed by atoms with E-state index >= 15 is 0 Å². The third kappa shape index (κ3) is 7.43. The van der Waals surface area contributed by atoms with Crippen molar-refractivity contribution in [3.05, 3.63) is 69.7 Å². The minimum Gasteiger partial charge on any atom is -0.481 e. The molecule has 0 spiro atoms. The molecule has 4 N–H and O–H groups in total. The average molecular weight is 622 g/mol. The number of carbonyl (C=O) groups excluding carboxylic acids is 2. The highest BCUT2D eigenvalue weighted by Crippen LogP contribution is 2.36. The monoisotopic (exact) mass is 621 g/mol. The van der Waals surface area contributed by atoms with Crippen LogP contribution in [0.15, 0.2) is 45.5 Å². The van der Waals surface area contributed by atoms with Gasteiger partial charge in [-0.05, 0) is 40.2 Å². The van der Waals surface area contributed by atoms with Gasteiger partial charge in [-0.25, -0.2) is 18.6 Å². The molecule has 1 unspecified atom stereocenters. The fourth-order valence-electron chi connectivity index (χ4n) is 3.08. The highest BCUT2D eigenvalue weighted by molar-refractivity contribution is 9.10. The third-order valence-electron chi connectivity index (χ3n) is 4.91. The van der Waals surface area contributed by atoms with E-state index in [2.05, 4.69) is 26.2 Å². The Hall–Kier alpha value is -4.21. The Bertz CT molecular complexity index is 1380. The fraction of sp³-hybridized carbons (Fsp3) is 0.217. The number of hydrogen-bond donors (Lipinski definition) is 3. The lowest BCUT2D eigenvalue weighted by atomic mass is 10.1. The molecule has 0 saturated carbocycles. The summed E-state index contributed by atoms with van der Waals surface area (Å²) in [5.41, 5.74) is 3.20. The molecule has 0 aliphatic rings. The van der Waals surface area contributed by atoms with E-state index in [4.69, 9.17) is 24.7 Å². The van der Waals surface area contributed by atoms with E-state index in [1.807, 2.05) is 0 Å². The SMILES string of the molecule is NC(=O)c1c(F)ccc(OC(COC(=O)NCCC(=O)O)c2nc(-c3ccc(C(F)(F)F)cc3)c(Br)o2)c1F. The second-order valence-corrected chi connectivity index (χ2v) is 8.34. The smallest absolute Gasteiger partial charge is 0.416 e. The van der Waals surface area contributed by atoms with Gasteiger partial charge in [-0.3, -0.25) is 9.59 Å². The highest BCUT2D eigenvalue weighted by Gasteiger charge is 2.31. The zero-order chi connectivity index (χ0) is 28.9. The summed E-state index contributed by atoms with van der Waals surface area (Å²) in [6.07, 6.45) is -7.62. The molecule has 0 aliphatic heterocycles. The van der Waals surface area contributed by atoms with Crippen molar-refractivity contribution in [2.24, 2.45) is 5.73 Å². The second kappa shape index (κ2) is 12.1. The molecule has 1 atom stereocenters. The maximum Gasteiger partial charge on any atom is 0.416 e. The van der Waals surface area contributed by atoms with Gasteiger partial charge in [-0.2, -0.15) is 13.2 Å². The molecular formula is C23H17BrF5N3O7. The lowest BCUT2D eigenvalue weighted by Crippen LogP contribution is -2.29.